The van der Waals surface area contributed by atoms with Crippen molar-refractivity contribution < 1.29 is 13.2 Å². The zero-order valence-electron chi connectivity index (χ0n) is 13.6. The monoisotopic (exact) mass is 367 g/mol. The molecular formula is C16H18ClN3O3S. The molecule has 0 bridgehead atoms. The van der Waals surface area contributed by atoms with E-state index in [9.17, 15) is 13.2 Å². The molecule has 0 saturated carbocycles. The average molecular weight is 368 g/mol. The smallest absolute Gasteiger partial charge is 0.251 e. The highest BCUT2D eigenvalue weighted by atomic mass is 35.5. The Balaban J connectivity index is 2.21. The van der Waals surface area contributed by atoms with Crippen molar-refractivity contribution >= 4 is 27.5 Å². The second-order valence-electron chi connectivity index (χ2n) is 5.39. The number of aryl methyl sites for hydroxylation is 1. The van der Waals surface area contributed by atoms with Crippen molar-refractivity contribution in [2.45, 2.75) is 18.4 Å². The highest BCUT2D eigenvalue weighted by Crippen LogP contribution is 2.24. The van der Waals surface area contributed by atoms with E-state index in [1.54, 1.807) is 6.07 Å². The Bertz CT molecular complexity index is 867. The number of hydrogen-bond donors (Lipinski definition) is 1. The van der Waals surface area contributed by atoms with Crippen LogP contribution >= 0.6 is 11.6 Å². The van der Waals surface area contributed by atoms with Crippen LogP contribution in [0.4, 0.5) is 0 Å². The topological polar surface area (TPSA) is 79.4 Å². The van der Waals surface area contributed by atoms with Gasteiger partial charge in [0.1, 0.15) is 4.90 Å². The number of hydrogen-bond acceptors (Lipinski definition) is 4. The number of amides is 1. The highest BCUT2D eigenvalue weighted by Gasteiger charge is 2.22. The molecule has 0 aliphatic rings. The van der Waals surface area contributed by atoms with Gasteiger partial charge in [0, 0.05) is 25.4 Å². The molecule has 1 aromatic carbocycles. The molecule has 2 rings (SSSR count). The van der Waals surface area contributed by atoms with E-state index in [4.69, 9.17) is 11.6 Å². The third kappa shape index (κ3) is 4.11. The maximum Gasteiger partial charge on any atom is 0.251 e. The quantitative estimate of drug-likeness (QED) is 0.878. The van der Waals surface area contributed by atoms with Crippen LogP contribution < -0.4 is 5.32 Å². The van der Waals surface area contributed by atoms with Crippen molar-refractivity contribution in [1.29, 1.82) is 0 Å². The number of nitrogens with one attached hydrogen (secondary N) is 1. The van der Waals surface area contributed by atoms with Crippen LogP contribution in [-0.4, -0.2) is 37.7 Å². The van der Waals surface area contributed by atoms with Gasteiger partial charge in [0.25, 0.3) is 5.91 Å². The lowest BCUT2D eigenvalue weighted by Crippen LogP contribution is -2.25. The summed E-state index contributed by atoms with van der Waals surface area (Å²) in [6.45, 7) is 2.11. The first-order chi connectivity index (χ1) is 11.2. The maximum absolute atomic E-state index is 12.3. The Morgan fingerprint density at radius 3 is 2.58 bits per heavy atom. The number of sulfonamides is 1. The first-order valence-electron chi connectivity index (χ1n) is 7.14. The van der Waals surface area contributed by atoms with Crippen molar-refractivity contribution in [3.63, 3.8) is 0 Å². The zero-order valence-corrected chi connectivity index (χ0v) is 15.1. The minimum Gasteiger partial charge on any atom is -0.346 e. The van der Waals surface area contributed by atoms with Gasteiger partial charge in [-0.3, -0.25) is 9.78 Å². The number of benzene rings is 1. The summed E-state index contributed by atoms with van der Waals surface area (Å²) in [7, 11) is -0.918. The first-order valence-corrected chi connectivity index (χ1v) is 8.96. The summed E-state index contributed by atoms with van der Waals surface area (Å²) in [5.74, 6) is -0.398. The number of carbonyl (C=O) groups is 1. The number of aromatic nitrogens is 1. The van der Waals surface area contributed by atoms with E-state index in [0.717, 1.165) is 15.7 Å². The summed E-state index contributed by atoms with van der Waals surface area (Å²) in [5, 5.41) is 2.79. The molecule has 1 amide bonds. The van der Waals surface area contributed by atoms with Gasteiger partial charge >= 0.3 is 0 Å². The molecule has 0 aliphatic heterocycles. The Morgan fingerprint density at radius 1 is 1.25 bits per heavy atom. The Labute approximate surface area is 146 Å². The molecule has 0 spiro atoms. The molecule has 6 nitrogen and oxygen atoms in total. The third-order valence-corrected chi connectivity index (χ3v) is 5.62. The Hall–Kier alpha value is -1.96. The van der Waals surface area contributed by atoms with Gasteiger partial charge in [-0.15, -0.1) is 0 Å². The molecule has 2 aromatic rings. The summed E-state index contributed by atoms with van der Waals surface area (Å²) in [6.07, 6.45) is 0. The van der Waals surface area contributed by atoms with E-state index >= 15 is 0 Å². The number of carbonyl (C=O) groups excluding carboxylic acids is 1. The van der Waals surface area contributed by atoms with Crippen molar-refractivity contribution in [3.8, 4) is 0 Å². The van der Waals surface area contributed by atoms with Gasteiger partial charge in [0.15, 0.2) is 0 Å². The lowest BCUT2D eigenvalue weighted by molar-refractivity contribution is 0.0950. The van der Waals surface area contributed by atoms with E-state index in [-0.39, 0.29) is 22.0 Å². The van der Waals surface area contributed by atoms with E-state index in [2.05, 4.69) is 10.3 Å². The van der Waals surface area contributed by atoms with E-state index in [1.807, 2.05) is 19.1 Å². The normalized spacial score (nSPS) is 11.5. The summed E-state index contributed by atoms with van der Waals surface area (Å²) < 4.78 is 25.5. The second-order valence-corrected chi connectivity index (χ2v) is 7.91. The third-order valence-electron chi connectivity index (χ3n) is 3.33. The van der Waals surface area contributed by atoms with Crippen LogP contribution in [-0.2, 0) is 16.6 Å². The van der Waals surface area contributed by atoms with Crippen molar-refractivity contribution in [1.82, 2.24) is 14.6 Å². The summed E-state index contributed by atoms with van der Waals surface area (Å²) in [6, 6.07) is 9.68. The number of nitrogens with zero attached hydrogens (tertiary/aromatic N) is 2. The fourth-order valence-corrected chi connectivity index (χ4v) is 3.40. The fraction of sp³-hybridized carbons (Fsp3) is 0.250. The second kappa shape index (κ2) is 7.29. The van der Waals surface area contributed by atoms with Crippen molar-refractivity contribution in [2.24, 2.45) is 0 Å². The molecular weight excluding hydrogens is 350 g/mol. The number of halogens is 1. The molecule has 1 heterocycles. The summed E-state index contributed by atoms with van der Waals surface area (Å²) >= 11 is 5.97. The van der Waals surface area contributed by atoms with Crippen LogP contribution in [0.15, 0.2) is 41.3 Å². The largest absolute Gasteiger partial charge is 0.346 e. The maximum atomic E-state index is 12.3. The molecule has 0 aliphatic carbocycles. The van der Waals surface area contributed by atoms with Crippen molar-refractivity contribution in [3.05, 3.63) is 58.4 Å². The van der Waals surface area contributed by atoms with E-state index in [0.29, 0.717) is 0 Å². The van der Waals surface area contributed by atoms with Crippen LogP contribution in [0, 0.1) is 6.92 Å². The summed E-state index contributed by atoms with van der Waals surface area (Å²) in [5.41, 5.74) is 1.79. The first kappa shape index (κ1) is 18.4. The van der Waals surface area contributed by atoms with Gasteiger partial charge in [-0.05, 0) is 37.3 Å². The molecule has 1 N–H and O–H groups in total. The van der Waals surface area contributed by atoms with Crippen LogP contribution in [0.2, 0.25) is 5.02 Å². The van der Waals surface area contributed by atoms with E-state index in [1.165, 1.54) is 32.3 Å². The zero-order chi connectivity index (χ0) is 17.9. The Kier molecular flexibility index (Phi) is 5.58. The predicted octanol–water partition coefficient (Wildman–Crippen LogP) is 2.22. The van der Waals surface area contributed by atoms with Crippen molar-refractivity contribution in [2.75, 3.05) is 14.1 Å². The molecule has 8 heteroatoms. The molecule has 1 aromatic heterocycles. The molecule has 0 unspecified atom stereocenters. The molecule has 24 heavy (non-hydrogen) atoms. The van der Waals surface area contributed by atoms with E-state index < -0.39 is 15.9 Å². The molecule has 128 valence electrons. The minimum absolute atomic E-state index is 0.0700. The van der Waals surface area contributed by atoms with Crippen LogP contribution in [0.25, 0.3) is 0 Å². The molecule has 0 atom stereocenters. The van der Waals surface area contributed by atoms with Gasteiger partial charge in [-0.2, -0.15) is 0 Å². The average Bonchev–Trinajstić information content (AvgIpc) is 2.52. The minimum atomic E-state index is -3.73. The van der Waals surface area contributed by atoms with Gasteiger partial charge < -0.3 is 5.32 Å². The molecule has 0 radical (unpaired) electrons. The summed E-state index contributed by atoms with van der Waals surface area (Å²) in [4.78, 5) is 16.5. The number of rotatable bonds is 5. The van der Waals surface area contributed by atoms with Gasteiger partial charge in [0.05, 0.1) is 17.3 Å². The van der Waals surface area contributed by atoms with Crippen LogP contribution in [0.1, 0.15) is 21.7 Å². The Morgan fingerprint density at radius 2 is 1.96 bits per heavy atom. The standard InChI is InChI=1S/C16H18ClN3O3S/c1-11-5-4-6-13(19-11)10-18-16(21)12-7-8-14(17)15(9-12)24(22,23)20(2)3/h4-9H,10H2,1-3H3,(H,18,21). The predicted molar refractivity (Wildman–Crippen MR) is 92.5 cm³/mol. The SMILES string of the molecule is Cc1cccc(CNC(=O)c2ccc(Cl)c(S(=O)(=O)N(C)C)c2)n1. The van der Waals surface area contributed by atoms with Crippen LogP contribution in [0.3, 0.4) is 0 Å². The van der Waals surface area contributed by atoms with Crippen LogP contribution in [0.5, 0.6) is 0 Å². The molecule has 0 fully saturated rings. The van der Waals surface area contributed by atoms with Gasteiger partial charge in [-0.25, -0.2) is 12.7 Å². The lowest BCUT2D eigenvalue weighted by atomic mass is 10.2. The fourth-order valence-electron chi connectivity index (χ4n) is 2.01. The number of pyridine rings is 1. The lowest BCUT2D eigenvalue weighted by Gasteiger charge is -2.14. The van der Waals surface area contributed by atoms with Gasteiger partial charge in [-0.1, -0.05) is 17.7 Å². The molecule has 0 saturated heterocycles. The highest BCUT2D eigenvalue weighted by molar-refractivity contribution is 7.89. The van der Waals surface area contributed by atoms with Gasteiger partial charge in [0.2, 0.25) is 10.0 Å².